The lowest BCUT2D eigenvalue weighted by Crippen LogP contribution is -2.39. The average Bonchev–Trinajstić information content (AvgIpc) is 3.28. The zero-order valence-electron chi connectivity index (χ0n) is 19.5. The molecule has 35 heavy (non-hydrogen) atoms. The van der Waals surface area contributed by atoms with Gasteiger partial charge in [-0.25, -0.2) is 14.4 Å². The molecule has 0 bridgehead atoms. The fourth-order valence-corrected chi connectivity index (χ4v) is 4.47. The molecular formula is C27H26FN5O2. The number of amides is 1. The first kappa shape index (κ1) is 22.7. The third kappa shape index (κ3) is 5.21. The average molecular weight is 472 g/mol. The van der Waals surface area contributed by atoms with Crippen LogP contribution in [0.4, 0.5) is 4.39 Å². The smallest absolute Gasteiger partial charge is 0.253 e. The number of imidazole rings is 1. The molecule has 1 aliphatic rings. The van der Waals surface area contributed by atoms with Gasteiger partial charge in [-0.05, 0) is 49.6 Å². The Labute approximate surface area is 203 Å². The molecule has 0 N–H and O–H groups in total. The van der Waals surface area contributed by atoms with Crippen LogP contribution in [-0.2, 0) is 6.54 Å². The minimum absolute atomic E-state index is 0.00427. The van der Waals surface area contributed by atoms with Crippen LogP contribution in [0.15, 0.2) is 73.3 Å². The van der Waals surface area contributed by atoms with Gasteiger partial charge < -0.3 is 14.2 Å². The summed E-state index contributed by atoms with van der Waals surface area (Å²) in [5.74, 6) is 1.22. The van der Waals surface area contributed by atoms with Crippen LogP contribution >= 0.6 is 0 Å². The number of piperidine rings is 1. The number of nitrogens with zero attached hydrogens (tertiary/aromatic N) is 5. The Bertz CT molecular complexity index is 1340. The lowest BCUT2D eigenvalue weighted by atomic mass is 9.94. The minimum atomic E-state index is -0.382. The first-order valence-electron chi connectivity index (χ1n) is 11.7. The van der Waals surface area contributed by atoms with E-state index in [1.807, 2.05) is 42.3 Å². The van der Waals surface area contributed by atoms with Crippen molar-refractivity contribution in [2.24, 2.45) is 0 Å². The molecule has 5 rings (SSSR count). The van der Waals surface area contributed by atoms with Crippen molar-refractivity contribution in [3.05, 3.63) is 102 Å². The van der Waals surface area contributed by atoms with Crippen LogP contribution in [0, 0.1) is 12.7 Å². The molecule has 0 unspecified atom stereocenters. The zero-order valence-corrected chi connectivity index (χ0v) is 19.5. The Hall–Kier alpha value is -4.07. The lowest BCUT2D eigenvalue weighted by Gasteiger charge is -2.33. The number of rotatable bonds is 6. The number of likely N-dealkylation sites (tertiary alicyclic amines) is 1. The topological polar surface area (TPSA) is 73.1 Å². The number of hydrogen-bond donors (Lipinski definition) is 0. The second-order valence-electron chi connectivity index (χ2n) is 8.70. The molecule has 2 aromatic heterocycles. The Kier molecular flexibility index (Phi) is 6.52. The van der Waals surface area contributed by atoms with Gasteiger partial charge in [-0.3, -0.25) is 9.78 Å². The van der Waals surface area contributed by atoms with Gasteiger partial charge in [-0.2, -0.15) is 0 Å². The summed E-state index contributed by atoms with van der Waals surface area (Å²) in [5.41, 5.74) is 2.39. The summed E-state index contributed by atoms with van der Waals surface area (Å²) < 4.78 is 21.5. The highest BCUT2D eigenvalue weighted by Crippen LogP contribution is 2.33. The van der Waals surface area contributed by atoms with E-state index in [4.69, 9.17) is 4.74 Å². The summed E-state index contributed by atoms with van der Waals surface area (Å²) in [6, 6.07) is 13.7. The predicted molar refractivity (Wildman–Crippen MR) is 129 cm³/mol. The van der Waals surface area contributed by atoms with E-state index in [-0.39, 0.29) is 17.6 Å². The molecule has 2 aromatic carbocycles. The van der Waals surface area contributed by atoms with Crippen LogP contribution < -0.4 is 4.74 Å². The molecule has 0 radical (unpaired) electrons. The van der Waals surface area contributed by atoms with Crippen LogP contribution in [0.5, 0.6) is 11.6 Å². The van der Waals surface area contributed by atoms with Crippen molar-refractivity contribution in [1.82, 2.24) is 24.4 Å². The van der Waals surface area contributed by atoms with E-state index in [2.05, 4.69) is 19.5 Å². The van der Waals surface area contributed by atoms with Crippen LogP contribution in [-0.4, -0.2) is 43.4 Å². The molecule has 1 fully saturated rings. The Morgan fingerprint density at radius 3 is 2.77 bits per heavy atom. The lowest BCUT2D eigenvalue weighted by molar-refractivity contribution is 0.0704. The van der Waals surface area contributed by atoms with E-state index < -0.39 is 0 Å². The number of ether oxygens (including phenoxy) is 1. The molecule has 0 spiro atoms. The predicted octanol–water partition coefficient (Wildman–Crippen LogP) is 4.98. The SMILES string of the molecule is Cc1nccn1Cc1cccc(C(=O)N2CCC[C@H](c3nccnc3Oc3cccc(F)c3)C2)c1. The standard InChI is InChI=1S/C27H26FN5O2/c1-19-29-12-14-32(19)17-20-5-2-6-21(15-20)27(34)33-13-4-7-22(18-33)25-26(31-11-10-30-25)35-24-9-3-8-23(28)16-24/h2-3,5-6,8-12,14-16,22H,4,7,13,17-18H2,1H3/t22-/m0/s1. The van der Waals surface area contributed by atoms with Crippen LogP contribution in [0.3, 0.4) is 0 Å². The molecule has 0 aliphatic carbocycles. The molecule has 1 saturated heterocycles. The van der Waals surface area contributed by atoms with Gasteiger partial charge in [0.05, 0.1) is 0 Å². The molecule has 0 saturated carbocycles. The molecule has 1 aliphatic heterocycles. The van der Waals surface area contributed by atoms with Crippen molar-refractivity contribution >= 4 is 5.91 Å². The van der Waals surface area contributed by atoms with Crippen LogP contribution in [0.25, 0.3) is 0 Å². The Morgan fingerprint density at radius 2 is 1.94 bits per heavy atom. The van der Waals surface area contributed by atoms with Crippen molar-refractivity contribution in [3.63, 3.8) is 0 Å². The van der Waals surface area contributed by atoms with Crippen LogP contribution in [0.2, 0.25) is 0 Å². The highest BCUT2D eigenvalue weighted by Gasteiger charge is 2.29. The molecule has 3 heterocycles. The molecule has 7 nitrogen and oxygen atoms in total. The van der Waals surface area contributed by atoms with Gasteiger partial charge in [0.15, 0.2) is 0 Å². The summed E-state index contributed by atoms with van der Waals surface area (Å²) >= 11 is 0. The first-order valence-corrected chi connectivity index (χ1v) is 11.7. The number of aromatic nitrogens is 4. The minimum Gasteiger partial charge on any atom is -0.437 e. The normalized spacial score (nSPS) is 15.7. The maximum atomic E-state index is 13.6. The summed E-state index contributed by atoms with van der Waals surface area (Å²) in [6.07, 6.45) is 8.59. The molecular weight excluding hydrogens is 445 g/mol. The maximum Gasteiger partial charge on any atom is 0.253 e. The number of benzene rings is 2. The largest absolute Gasteiger partial charge is 0.437 e. The third-order valence-corrected chi connectivity index (χ3v) is 6.25. The quantitative estimate of drug-likeness (QED) is 0.397. The molecule has 1 amide bonds. The molecule has 1 atom stereocenters. The Balaban J connectivity index is 1.32. The van der Waals surface area contributed by atoms with E-state index in [0.717, 1.165) is 24.2 Å². The molecule has 178 valence electrons. The summed E-state index contributed by atoms with van der Waals surface area (Å²) in [4.78, 5) is 28.4. The first-order chi connectivity index (χ1) is 17.1. The van der Waals surface area contributed by atoms with Gasteiger partial charge >= 0.3 is 0 Å². The zero-order chi connectivity index (χ0) is 24.2. The second-order valence-corrected chi connectivity index (χ2v) is 8.70. The van der Waals surface area contributed by atoms with Crippen molar-refractivity contribution in [2.75, 3.05) is 13.1 Å². The Morgan fingerprint density at radius 1 is 1.09 bits per heavy atom. The van der Waals surface area contributed by atoms with E-state index in [1.165, 1.54) is 12.1 Å². The highest BCUT2D eigenvalue weighted by atomic mass is 19.1. The van der Waals surface area contributed by atoms with Gasteiger partial charge in [0, 0.05) is 62.0 Å². The van der Waals surface area contributed by atoms with E-state index in [9.17, 15) is 9.18 Å². The van der Waals surface area contributed by atoms with Crippen molar-refractivity contribution < 1.29 is 13.9 Å². The fraction of sp³-hybridized carbons (Fsp3) is 0.259. The van der Waals surface area contributed by atoms with Gasteiger partial charge in [-0.15, -0.1) is 0 Å². The number of halogens is 1. The maximum absolute atomic E-state index is 13.6. The number of hydrogen-bond acceptors (Lipinski definition) is 5. The second kappa shape index (κ2) is 10.0. The fourth-order valence-electron chi connectivity index (χ4n) is 4.47. The summed E-state index contributed by atoms with van der Waals surface area (Å²) in [7, 11) is 0. The summed E-state index contributed by atoms with van der Waals surface area (Å²) in [5, 5.41) is 0. The van der Waals surface area contributed by atoms with Gasteiger partial charge in [-0.1, -0.05) is 18.2 Å². The van der Waals surface area contributed by atoms with E-state index in [0.29, 0.717) is 42.5 Å². The van der Waals surface area contributed by atoms with Crippen molar-refractivity contribution in [3.8, 4) is 11.6 Å². The number of carbonyl (C=O) groups is 1. The van der Waals surface area contributed by atoms with Gasteiger partial charge in [0.25, 0.3) is 5.91 Å². The molecule has 8 heteroatoms. The summed E-state index contributed by atoms with van der Waals surface area (Å²) in [6.45, 7) is 3.82. The van der Waals surface area contributed by atoms with E-state index in [1.54, 1.807) is 30.7 Å². The third-order valence-electron chi connectivity index (χ3n) is 6.25. The number of carbonyl (C=O) groups excluding carboxylic acids is 1. The van der Waals surface area contributed by atoms with Gasteiger partial charge in [0.1, 0.15) is 23.1 Å². The van der Waals surface area contributed by atoms with Gasteiger partial charge in [0.2, 0.25) is 5.88 Å². The molecule has 4 aromatic rings. The van der Waals surface area contributed by atoms with E-state index >= 15 is 0 Å². The highest BCUT2D eigenvalue weighted by molar-refractivity contribution is 5.94. The van der Waals surface area contributed by atoms with Crippen molar-refractivity contribution in [2.45, 2.75) is 32.2 Å². The van der Waals surface area contributed by atoms with Crippen LogP contribution in [0.1, 0.15) is 46.2 Å². The monoisotopic (exact) mass is 471 g/mol. The van der Waals surface area contributed by atoms with Crippen molar-refractivity contribution in [1.29, 1.82) is 0 Å². The number of aryl methyl sites for hydroxylation is 1.